The van der Waals surface area contributed by atoms with Crippen LogP contribution < -0.4 is 4.74 Å². The molecule has 2 aromatic carbocycles. The van der Waals surface area contributed by atoms with Gasteiger partial charge in [0.2, 0.25) is 0 Å². The van der Waals surface area contributed by atoms with Gasteiger partial charge in [0.1, 0.15) is 11.5 Å². The largest absolute Gasteiger partial charge is 0.508 e. The van der Waals surface area contributed by atoms with Crippen LogP contribution in [0.25, 0.3) is 0 Å². The van der Waals surface area contributed by atoms with E-state index in [9.17, 15) is 14.6 Å². The Hall–Kier alpha value is -2.31. The van der Waals surface area contributed by atoms with Gasteiger partial charge in [-0.15, -0.1) is 0 Å². The van der Waals surface area contributed by atoms with Crippen LogP contribution in [0.15, 0.2) is 42.5 Å². The lowest BCUT2D eigenvalue weighted by atomic mass is 9.99. The minimum absolute atomic E-state index is 0.166. The second-order valence-electron chi connectivity index (χ2n) is 7.96. The monoisotopic (exact) mass is 433 g/mol. The summed E-state index contributed by atoms with van der Waals surface area (Å²) in [6.45, 7) is 7.53. The molecule has 1 saturated carbocycles. The van der Waals surface area contributed by atoms with Crippen LogP contribution in [0.4, 0.5) is 4.39 Å². The van der Waals surface area contributed by atoms with Crippen LogP contribution in [0.5, 0.6) is 17.2 Å². The maximum Gasteiger partial charge on any atom is 0.165 e. The summed E-state index contributed by atoms with van der Waals surface area (Å²) in [5.41, 5.74) is 1.12. The zero-order valence-corrected chi connectivity index (χ0v) is 18.8. The molecule has 0 bridgehead atoms. The summed E-state index contributed by atoms with van der Waals surface area (Å²) in [6.07, 6.45) is 4.19. The Balaban J connectivity index is 0.000000241. The molecule has 2 fully saturated rings. The van der Waals surface area contributed by atoms with Gasteiger partial charge < -0.3 is 25.0 Å². The molecule has 1 aliphatic heterocycles. The lowest BCUT2D eigenvalue weighted by Crippen LogP contribution is -2.28. The number of phenolic OH excluding ortho intramolecular Hbond substituents is 2. The average Bonchev–Trinajstić information content (AvgIpc) is 3.38. The van der Waals surface area contributed by atoms with Crippen molar-refractivity contribution in [3.05, 3.63) is 53.8 Å². The van der Waals surface area contributed by atoms with Crippen LogP contribution in [0, 0.1) is 17.7 Å². The third kappa shape index (κ3) is 7.11. The molecule has 0 aromatic heterocycles. The Morgan fingerprint density at radius 1 is 1.03 bits per heavy atom. The molecule has 0 spiro atoms. The molecule has 1 aliphatic carbocycles. The second-order valence-corrected chi connectivity index (χ2v) is 7.96. The highest BCUT2D eigenvalue weighted by atomic mass is 19.1. The Bertz CT molecular complexity index is 772. The van der Waals surface area contributed by atoms with Gasteiger partial charge in [0.25, 0.3) is 0 Å². The molecule has 5 nitrogen and oxygen atoms in total. The molecule has 1 unspecified atom stereocenters. The summed E-state index contributed by atoms with van der Waals surface area (Å²) in [4.78, 5) is 2.52. The number of phenols is 2. The highest BCUT2D eigenvalue weighted by Crippen LogP contribution is 2.38. The number of fused-ring (bicyclic) bond motifs is 1. The topological polar surface area (TPSA) is 73.2 Å². The molecule has 3 N–H and O–H groups in total. The molecule has 6 heteroatoms. The van der Waals surface area contributed by atoms with E-state index in [0.717, 1.165) is 30.0 Å². The Morgan fingerprint density at radius 2 is 1.65 bits per heavy atom. The van der Waals surface area contributed by atoms with E-state index in [0.29, 0.717) is 5.75 Å². The van der Waals surface area contributed by atoms with Crippen molar-refractivity contribution < 1.29 is 24.4 Å². The number of aliphatic hydroxyl groups excluding tert-OH is 1. The number of likely N-dealkylation sites (tertiary alicyclic amines) is 1. The smallest absolute Gasteiger partial charge is 0.165 e. The lowest BCUT2D eigenvalue weighted by molar-refractivity contribution is 0.213. The van der Waals surface area contributed by atoms with Gasteiger partial charge in [0.15, 0.2) is 11.6 Å². The first-order valence-electron chi connectivity index (χ1n) is 11.1. The number of halogens is 1. The van der Waals surface area contributed by atoms with Gasteiger partial charge in [-0.05, 0) is 54.5 Å². The van der Waals surface area contributed by atoms with Crippen molar-refractivity contribution >= 4 is 0 Å². The Kier molecular flexibility index (Phi) is 10.1. The van der Waals surface area contributed by atoms with Crippen molar-refractivity contribution in [2.75, 3.05) is 33.4 Å². The average molecular weight is 434 g/mol. The summed E-state index contributed by atoms with van der Waals surface area (Å²) in [7, 11) is 1.45. The molecule has 0 radical (unpaired) electrons. The summed E-state index contributed by atoms with van der Waals surface area (Å²) in [5, 5.41) is 27.7. The van der Waals surface area contributed by atoms with Gasteiger partial charge >= 0.3 is 0 Å². The van der Waals surface area contributed by atoms with Crippen LogP contribution in [-0.2, 0) is 0 Å². The number of hydrogen-bond donors (Lipinski definition) is 3. The highest BCUT2D eigenvalue weighted by Gasteiger charge is 2.36. The molecule has 1 heterocycles. The number of nitrogens with zero attached hydrogens (tertiary/aromatic N) is 1. The Labute approximate surface area is 185 Å². The van der Waals surface area contributed by atoms with Crippen LogP contribution >= 0.6 is 0 Å². The zero-order chi connectivity index (χ0) is 22.8. The van der Waals surface area contributed by atoms with E-state index in [1.165, 1.54) is 51.6 Å². The molecule has 1 saturated heterocycles. The van der Waals surface area contributed by atoms with Gasteiger partial charge in [-0.25, -0.2) is 4.39 Å². The molecule has 172 valence electrons. The van der Waals surface area contributed by atoms with E-state index in [-0.39, 0.29) is 24.0 Å². The lowest BCUT2D eigenvalue weighted by Gasteiger charge is -2.23. The number of ether oxygens (including phenoxy) is 1. The van der Waals surface area contributed by atoms with Crippen molar-refractivity contribution in [2.45, 2.75) is 39.0 Å². The normalized spacial score (nSPS) is 20.7. The van der Waals surface area contributed by atoms with Gasteiger partial charge in [-0.1, -0.05) is 32.4 Å². The van der Waals surface area contributed by atoms with Gasteiger partial charge in [0, 0.05) is 31.6 Å². The molecule has 2 aromatic rings. The fourth-order valence-electron chi connectivity index (χ4n) is 4.43. The molecule has 0 amide bonds. The van der Waals surface area contributed by atoms with Crippen LogP contribution in [0.2, 0.25) is 0 Å². The zero-order valence-electron chi connectivity index (χ0n) is 18.8. The first kappa shape index (κ1) is 25.0. The highest BCUT2D eigenvalue weighted by molar-refractivity contribution is 5.33. The first-order chi connectivity index (χ1) is 15.0. The molecular formula is C25H36FNO4. The van der Waals surface area contributed by atoms with Gasteiger partial charge in [0.05, 0.1) is 13.7 Å². The minimum Gasteiger partial charge on any atom is -0.508 e. The van der Waals surface area contributed by atoms with E-state index in [4.69, 9.17) is 9.84 Å². The summed E-state index contributed by atoms with van der Waals surface area (Å²) in [6, 6.07) is 11.1. The van der Waals surface area contributed by atoms with Crippen LogP contribution in [0.1, 0.15) is 44.6 Å². The van der Waals surface area contributed by atoms with Crippen molar-refractivity contribution in [3.8, 4) is 17.2 Å². The van der Waals surface area contributed by atoms with Gasteiger partial charge in [-0.2, -0.15) is 0 Å². The van der Waals surface area contributed by atoms with E-state index in [1.54, 1.807) is 12.1 Å². The van der Waals surface area contributed by atoms with E-state index in [2.05, 4.69) is 4.90 Å². The molecule has 2 aliphatic rings. The quantitative estimate of drug-likeness (QED) is 0.634. The number of methoxy groups -OCH3 is 1. The van der Waals surface area contributed by atoms with Gasteiger partial charge in [-0.3, -0.25) is 0 Å². The second kappa shape index (κ2) is 12.5. The third-order valence-corrected chi connectivity index (χ3v) is 6.02. The summed E-state index contributed by atoms with van der Waals surface area (Å²) < 4.78 is 17.1. The van der Waals surface area contributed by atoms with Crippen molar-refractivity contribution in [2.24, 2.45) is 11.8 Å². The van der Waals surface area contributed by atoms with Crippen molar-refractivity contribution in [3.63, 3.8) is 0 Å². The molecule has 3 atom stereocenters. The van der Waals surface area contributed by atoms with E-state index >= 15 is 0 Å². The van der Waals surface area contributed by atoms with Crippen molar-refractivity contribution in [1.29, 1.82) is 0 Å². The molecule has 4 rings (SSSR count). The van der Waals surface area contributed by atoms with Crippen LogP contribution in [0.3, 0.4) is 0 Å². The van der Waals surface area contributed by atoms with Crippen molar-refractivity contribution in [1.82, 2.24) is 4.90 Å². The number of aliphatic hydroxyl groups is 1. The number of benzene rings is 2. The van der Waals surface area contributed by atoms with E-state index < -0.39 is 5.82 Å². The fourth-order valence-corrected chi connectivity index (χ4v) is 4.43. The SMILES string of the molecule is CC.COc1ccc(F)c(O)c1.OCC(CN1C[C@H]2CCC[C@H]2C1)c1ccc(O)cc1. The number of rotatable bonds is 5. The maximum atomic E-state index is 12.3. The van der Waals surface area contributed by atoms with E-state index in [1.807, 2.05) is 26.0 Å². The fraction of sp³-hybridized carbons (Fsp3) is 0.520. The molecular weight excluding hydrogens is 397 g/mol. The maximum absolute atomic E-state index is 12.3. The van der Waals surface area contributed by atoms with Crippen LogP contribution in [-0.4, -0.2) is 53.6 Å². The number of aromatic hydroxyl groups is 2. The Morgan fingerprint density at radius 3 is 2.16 bits per heavy atom. The third-order valence-electron chi connectivity index (χ3n) is 6.02. The first-order valence-corrected chi connectivity index (χ1v) is 11.1. The number of hydrogen-bond acceptors (Lipinski definition) is 5. The standard InChI is InChI=1S/C16H23NO2.C7H7FO2.C2H6/c18-11-15(12-4-6-16(19)7-5-12)10-17-8-13-2-1-3-14(13)9-17;1-10-5-2-3-6(8)7(9)4-5;1-2/h4-7,13-15,18-19H,1-3,8-11H2;2-4,9H,1H3;1-2H3/t13-,14+,15?;;. The molecule has 31 heavy (non-hydrogen) atoms. The summed E-state index contributed by atoms with van der Waals surface area (Å²) >= 11 is 0. The minimum atomic E-state index is -0.638. The summed E-state index contributed by atoms with van der Waals surface area (Å²) in [5.74, 6) is 1.67. The predicted octanol–water partition coefficient (Wildman–Crippen LogP) is 4.77. The predicted molar refractivity (Wildman–Crippen MR) is 121 cm³/mol.